The number of nitrogens with one attached hydrogen (secondary N) is 1. The number of rotatable bonds is 3. The smallest absolute Gasteiger partial charge is 0.280 e. The van der Waals surface area contributed by atoms with E-state index in [1.165, 1.54) is 4.68 Å². The molecule has 2 aromatic carbocycles. The highest BCUT2D eigenvalue weighted by Crippen LogP contribution is 2.23. The molecule has 0 aliphatic carbocycles. The number of benzene rings is 2. The monoisotopic (exact) mass is 353 g/mol. The molecular weight excluding hydrogens is 334 g/mol. The number of halogens is 1. The van der Waals surface area contributed by atoms with Crippen LogP contribution in [0.2, 0.25) is 5.02 Å². The molecule has 0 spiro atoms. The van der Waals surface area contributed by atoms with Crippen LogP contribution in [0, 0.1) is 27.7 Å². The van der Waals surface area contributed by atoms with Crippen molar-refractivity contribution in [2.75, 3.05) is 0 Å². The average molecular weight is 354 g/mol. The van der Waals surface area contributed by atoms with Gasteiger partial charge in [0.1, 0.15) is 0 Å². The third kappa shape index (κ3) is 3.30. The maximum atomic E-state index is 12.8. The van der Waals surface area contributed by atoms with Crippen molar-refractivity contribution in [3.63, 3.8) is 0 Å². The Morgan fingerprint density at radius 2 is 1.72 bits per heavy atom. The molecule has 0 aliphatic rings. The Hall–Kier alpha value is -2.59. The number of H-pyrrole nitrogens is 1. The third-order valence-corrected chi connectivity index (χ3v) is 4.70. The predicted molar refractivity (Wildman–Crippen MR) is 104 cm³/mol. The fourth-order valence-electron chi connectivity index (χ4n) is 2.75. The summed E-state index contributed by atoms with van der Waals surface area (Å²) < 4.78 is 1.49. The van der Waals surface area contributed by atoms with Gasteiger partial charge in [-0.25, -0.2) is 4.68 Å². The summed E-state index contributed by atoms with van der Waals surface area (Å²) in [4.78, 5) is 17.3. The van der Waals surface area contributed by atoms with Crippen molar-refractivity contribution in [3.8, 4) is 5.69 Å². The van der Waals surface area contributed by atoms with Gasteiger partial charge in [-0.3, -0.25) is 14.9 Å². The standard InChI is InChI=1S/C20H20ClN3O/c1-12-8-9-16(10-18(12)21)24-20(25)17(15(4)23-24)11-22-19-13(2)6-5-7-14(19)3/h5-11,23H,1-4H3. The molecule has 3 aromatic rings. The summed E-state index contributed by atoms with van der Waals surface area (Å²) in [6.07, 6.45) is 1.63. The van der Waals surface area contributed by atoms with E-state index in [9.17, 15) is 4.79 Å². The minimum absolute atomic E-state index is 0.146. The normalized spacial score (nSPS) is 11.4. The van der Waals surface area contributed by atoms with Crippen LogP contribution in [-0.4, -0.2) is 16.0 Å². The summed E-state index contributed by atoms with van der Waals surface area (Å²) in [7, 11) is 0. The topological polar surface area (TPSA) is 50.1 Å². The van der Waals surface area contributed by atoms with Gasteiger partial charge in [0.2, 0.25) is 0 Å². The second kappa shape index (κ2) is 6.73. The van der Waals surface area contributed by atoms with Crippen LogP contribution in [0.25, 0.3) is 5.69 Å². The summed E-state index contributed by atoms with van der Waals surface area (Å²) in [5, 5.41) is 3.72. The van der Waals surface area contributed by atoms with E-state index in [0.29, 0.717) is 16.3 Å². The largest absolute Gasteiger partial charge is 0.295 e. The molecule has 5 heteroatoms. The first-order chi connectivity index (χ1) is 11.9. The maximum Gasteiger partial charge on any atom is 0.280 e. The molecule has 128 valence electrons. The van der Waals surface area contributed by atoms with Gasteiger partial charge in [0.25, 0.3) is 5.56 Å². The maximum absolute atomic E-state index is 12.8. The van der Waals surface area contributed by atoms with Crippen molar-refractivity contribution in [3.05, 3.63) is 79.7 Å². The Bertz CT molecular complexity index is 1010. The van der Waals surface area contributed by atoms with Gasteiger partial charge < -0.3 is 0 Å². The first kappa shape index (κ1) is 17.2. The van der Waals surface area contributed by atoms with Gasteiger partial charge in [-0.2, -0.15) is 0 Å². The van der Waals surface area contributed by atoms with Crippen LogP contribution in [0.3, 0.4) is 0 Å². The second-order valence-electron chi connectivity index (χ2n) is 6.22. The number of aromatic nitrogens is 2. The van der Waals surface area contributed by atoms with Gasteiger partial charge in [-0.15, -0.1) is 0 Å². The summed E-state index contributed by atoms with van der Waals surface area (Å²) in [5.41, 5.74) is 5.88. The molecule has 0 amide bonds. The van der Waals surface area contributed by atoms with Crippen LogP contribution in [0.4, 0.5) is 5.69 Å². The van der Waals surface area contributed by atoms with Crippen molar-refractivity contribution in [2.45, 2.75) is 27.7 Å². The molecule has 0 bridgehead atoms. The number of para-hydroxylation sites is 1. The zero-order chi connectivity index (χ0) is 18.1. The van der Waals surface area contributed by atoms with Gasteiger partial charge >= 0.3 is 0 Å². The highest BCUT2D eigenvalue weighted by Gasteiger charge is 2.12. The molecule has 0 fully saturated rings. The molecule has 4 nitrogen and oxygen atoms in total. The molecule has 1 heterocycles. The summed E-state index contributed by atoms with van der Waals surface area (Å²) in [6, 6.07) is 11.6. The Balaban J connectivity index is 2.05. The van der Waals surface area contributed by atoms with E-state index < -0.39 is 0 Å². The lowest BCUT2D eigenvalue weighted by molar-refractivity contribution is 0.835. The van der Waals surface area contributed by atoms with Crippen LogP contribution in [-0.2, 0) is 0 Å². The van der Waals surface area contributed by atoms with Gasteiger partial charge in [0.05, 0.1) is 16.9 Å². The second-order valence-corrected chi connectivity index (χ2v) is 6.63. The quantitative estimate of drug-likeness (QED) is 0.675. The predicted octanol–water partition coefficient (Wildman–Crippen LogP) is 4.80. The van der Waals surface area contributed by atoms with Gasteiger partial charge in [-0.1, -0.05) is 35.9 Å². The summed E-state index contributed by atoms with van der Waals surface area (Å²) >= 11 is 6.18. The molecule has 3 rings (SSSR count). The summed E-state index contributed by atoms with van der Waals surface area (Å²) in [6.45, 7) is 7.81. The fraction of sp³-hybridized carbons (Fsp3) is 0.200. The van der Waals surface area contributed by atoms with E-state index in [2.05, 4.69) is 10.1 Å². The molecule has 0 saturated heterocycles. The lowest BCUT2D eigenvalue weighted by atomic mass is 10.1. The zero-order valence-corrected chi connectivity index (χ0v) is 15.5. The minimum Gasteiger partial charge on any atom is -0.295 e. The van der Waals surface area contributed by atoms with Crippen molar-refractivity contribution < 1.29 is 0 Å². The highest BCUT2D eigenvalue weighted by molar-refractivity contribution is 6.31. The molecule has 0 atom stereocenters. The van der Waals surface area contributed by atoms with E-state index >= 15 is 0 Å². The molecule has 1 aromatic heterocycles. The summed E-state index contributed by atoms with van der Waals surface area (Å²) in [5.74, 6) is 0. The van der Waals surface area contributed by atoms with Crippen molar-refractivity contribution in [2.24, 2.45) is 4.99 Å². The van der Waals surface area contributed by atoms with Gasteiger partial charge in [-0.05, 0) is 56.5 Å². The number of hydrogen-bond donors (Lipinski definition) is 1. The number of nitrogens with zero attached hydrogens (tertiary/aromatic N) is 2. The minimum atomic E-state index is -0.146. The lowest BCUT2D eigenvalue weighted by Gasteiger charge is -2.04. The van der Waals surface area contributed by atoms with E-state index in [0.717, 1.165) is 28.1 Å². The lowest BCUT2D eigenvalue weighted by Crippen LogP contribution is -2.17. The first-order valence-corrected chi connectivity index (χ1v) is 8.44. The number of aliphatic imine (C=N–C) groups is 1. The van der Waals surface area contributed by atoms with E-state index in [1.54, 1.807) is 12.3 Å². The van der Waals surface area contributed by atoms with Crippen LogP contribution in [0.15, 0.2) is 46.2 Å². The Morgan fingerprint density at radius 1 is 1.04 bits per heavy atom. The highest BCUT2D eigenvalue weighted by atomic mass is 35.5. The van der Waals surface area contributed by atoms with Crippen LogP contribution < -0.4 is 5.56 Å². The van der Waals surface area contributed by atoms with Gasteiger partial charge in [0, 0.05) is 16.9 Å². The Kier molecular flexibility index (Phi) is 4.64. The van der Waals surface area contributed by atoms with Crippen LogP contribution in [0.5, 0.6) is 0 Å². The van der Waals surface area contributed by atoms with E-state index in [4.69, 9.17) is 11.6 Å². The van der Waals surface area contributed by atoms with Gasteiger partial charge in [0.15, 0.2) is 0 Å². The Labute approximate surface area is 151 Å². The van der Waals surface area contributed by atoms with Crippen LogP contribution >= 0.6 is 11.6 Å². The third-order valence-electron chi connectivity index (χ3n) is 4.29. The number of hydrogen-bond acceptors (Lipinski definition) is 2. The van der Waals surface area contributed by atoms with Crippen molar-refractivity contribution in [1.29, 1.82) is 0 Å². The average Bonchev–Trinajstić information content (AvgIpc) is 2.85. The zero-order valence-electron chi connectivity index (χ0n) is 14.7. The van der Waals surface area contributed by atoms with E-state index in [1.807, 2.05) is 58.0 Å². The van der Waals surface area contributed by atoms with Crippen LogP contribution in [0.1, 0.15) is 27.9 Å². The molecule has 0 saturated carbocycles. The molecule has 0 radical (unpaired) electrons. The number of aryl methyl sites for hydroxylation is 4. The Morgan fingerprint density at radius 3 is 2.36 bits per heavy atom. The first-order valence-electron chi connectivity index (χ1n) is 8.07. The molecule has 25 heavy (non-hydrogen) atoms. The van der Waals surface area contributed by atoms with E-state index in [-0.39, 0.29) is 5.56 Å². The molecular formula is C20H20ClN3O. The molecule has 0 aliphatic heterocycles. The number of aromatic amines is 1. The molecule has 1 N–H and O–H groups in total. The van der Waals surface area contributed by atoms with Crippen molar-refractivity contribution in [1.82, 2.24) is 9.78 Å². The van der Waals surface area contributed by atoms with Crippen molar-refractivity contribution >= 4 is 23.5 Å². The molecule has 0 unspecified atom stereocenters. The fourth-order valence-corrected chi connectivity index (χ4v) is 2.93. The SMILES string of the molecule is Cc1ccc(-n2[nH]c(C)c(C=Nc3c(C)cccc3C)c2=O)cc1Cl.